The highest BCUT2D eigenvalue weighted by Gasteiger charge is 2.53. The van der Waals surface area contributed by atoms with Crippen LogP contribution in [0.1, 0.15) is 65.4 Å². The van der Waals surface area contributed by atoms with Gasteiger partial charge in [0.1, 0.15) is 11.4 Å². The molecule has 2 aliphatic heterocycles. The molecule has 1 aromatic rings. The lowest BCUT2D eigenvalue weighted by atomic mass is 9.64. The standard InChI is InChI=1S/C30H45FN4O5/c1-20(36)33-30(23-8-6-9-24(31)16-23,25-10-7-11-26(25)32-27(37)39-5)22-12-14-34(15-13-22)17-21-18-35(19-21)28(38)40-29(2,3)4/h6,8-9,16,21-22,25-26H,7,10-15,17-19H2,1-5H3,(H,32,37)(H,33,36)/t25-,26-,30?/m0/s1. The van der Waals surface area contributed by atoms with Crippen LogP contribution >= 0.6 is 0 Å². The van der Waals surface area contributed by atoms with E-state index in [1.807, 2.05) is 26.8 Å². The lowest BCUT2D eigenvalue weighted by molar-refractivity contribution is -0.123. The minimum Gasteiger partial charge on any atom is -0.453 e. The summed E-state index contributed by atoms with van der Waals surface area (Å²) in [7, 11) is 1.34. The Bertz CT molecular complexity index is 1060. The van der Waals surface area contributed by atoms with Gasteiger partial charge in [-0.15, -0.1) is 0 Å². The van der Waals surface area contributed by atoms with Crippen LogP contribution in [-0.2, 0) is 19.8 Å². The lowest BCUT2D eigenvalue weighted by Crippen LogP contribution is -2.61. The number of methoxy groups -OCH3 is 1. The molecule has 2 N–H and O–H groups in total. The summed E-state index contributed by atoms with van der Waals surface area (Å²) in [5.74, 6) is -0.176. The number of nitrogens with one attached hydrogen (secondary N) is 2. The largest absolute Gasteiger partial charge is 0.453 e. The molecule has 1 unspecified atom stereocenters. The molecule has 1 aromatic carbocycles. The van der Waals surface area contributed by atoms with Gasteiger partial charge in [0.2, 0.25) is 5.91 Å². The van der Waals surface area contributed by atoms with Crippen molar-refractivity contribution in [3.8, 4) is 0 Å². The summed E-state index contributed by atoms with van der Waals surface area (Å²) >= 11 is 0. The molecule has 2 heterocycles. The number of alkyl carbamates (subject to hydrolysis) is 1. The second-order valence-electron chi connectivity index (χ2n) is 12.7. The van der Waals surface area contributed by atoms with Crippen LogP contribution in [0.5, 0.6) is 0 Å². The Morgan fingerprint density at radius 3 is 2.38 bits per heavy atom. The highest BCUT2D eigenvalue weighted by molar-refractivity contribution is 5.74. The molecular weight excluding hydrogens is 515 g/mol. The number of carbonyl (C=O) groups excluding carboxylic acids is 3. The van der Waals surface area contributed by atoms with E-state index in [-0.39, 0.29) is 35.7 Å². The van der Waals surface area contributed by atoms with E-state index >= 15 is 0 Å². The molecule has 40 heavy (non-hydrogen) atoms. The maximum Gasteiger partial charge on any atom is 0.410 e. The van der Waals surface area contributed by atoms with Crippen LogP contribution in [0.2, 0.25) is 0 Å². The number of hydrogen-bond acceptors (Lipinski definition) is 6. The number of rotatable bonds is 7. The number of halogens is 1. The lowest BCUT2D eigenvalue weighted by Gasteiger charge is -2.51. The molecular formula is C30H45FN4O5. The molecule has 3 aliphatic rings. The zero-order valence-corrected chi connectivity index (χ0v) is 24.5. The second kappa shape index (κ2) is 12.3. The van der Waals surface area contributed by atoms with Gasteiger partial charge < -0.3 is 29.9 Å². The van der Waals surface area contributed by atoms with Crippen LogP contribution < -0.4 is 10.6 Å². The van der Waals surface area contributed by atoms with Crippen LogP contribution in [0.15, 0.2) is 24.3 Å². The Hall–Kier alpha value is -2.88. The van der Waals surface area contributed by atoms with Crippen molar-refractivity contribution in [1.82, 2.24) is 20.4 Å². The van der Waals surface area contributed by atoms with E-state index < -0.39 is 17.2 Å². The van der Waals surface area contributed by atoms with Crippen LogP contribution in [0.3, 0.4) is 0 Å². The van der Waals surface area contributed by atoms with Gasteiger partial charge in [-0.25, -0.2) is 14.0 Å². The predicted molar refractivity (Wildman–Crippen MR) is 149 cm³/mol. The van der Waals surface area contributed by atoms with Crippen molar-refractivity contribution in [3.05, 3.63) is 35.6 Å². The molecule has 2 saturated heterocycles. The van der Waals surface area contributed by atoms with Crippen molar-refractivity contribution in [1.29, 1.82) is 0 Å². The summed E-state index contributed by atoms with van der Waals surface area (Å²) in [6.07, 6.45) is 3.35. The Morgan fingerprint density at radius 2 is 1.77 bits per heavy atom. The maximum atomic E-state index is 14.6. The number of amides is 3. The quantitative estimate of drug-likeness (QED) is 0.517. The predicted octanol–water partition coefficient (Wildman–Crippen LogP) is 4.26. The van der Waals surface area contributed by atoms with E-state index in [9.17, 15) is 18.8 Å². The van der Waals surface area contributed by atoms with E-state index in [0.29, 0.717) is 19.0 Å². The van der Waals surface area contributed by atoms with Gasteiger partial charge in [0, 0.05) is 44.4 Å². The average molecular weight is 561 g/mol. The fourth-order valence-corrected chi connectivity index (χ4v) is 7.04. The summed E-state index contributed by atoms with van der Waals surface area (Å²) in [5.41, 5.74) is -0.583. The summed E-state index contributed by atoms with van der Waals surface area (Å²) in [6, 6.07) is 6.35. The highest BCUT2D eigenvalue weighted by atomic mass is 19.1. The highest BCUT2D eigenvalue weighted by Crippen LogP contribution is 2.49. The Morgan fingerprint density at radius 1 is 1.07 bits per heavy atom. The first-order chi connectivity index (χ1) is 18.9. The fraction of sp³-hybridized carbons (Fsp3) is 0.700. The maximum absolute atomic E-state index is 14.6. The van der Waals surface area contributed by atoms with Crippen LogP contribution in [-0.4, -0.2) is 79.4 Å². The third-order valence-corrected chi connectivity index (χ3v) is 8.63. The molecule has 0 spiro atoms. The molecule has 1 saturated carbocycles. The van der Waals surface area contributed by atoms with Crippen LogP contribution in [0, 0.1) is 23.6 Å². The van der Waals surface area contributed by atoms with Crippen molar-refractivity contribution in [3.63, 3.8) is 0 Å². The van der Waals surface area contributed by atoms with E-state index in [4.69, 9.17) is 9.47 Å². The van der Waals surface area contributed by atoms with Gasteiger partial charge in [-0.2, -0.15) is 0 Å². The number of ether oxygens (including phenoxy) is 2. The van der Waals surface area contributed by atoms with Gasteiger partial charge in [0.25, 0.3) is 0 Å². The van der Waals surface area contributed by atoms with Crippen molar-refractivity contribution in [2.45, 2.75) is 77.0 Å². The van der Waals surface area contributed by atoms with Gasteiger partial charge >= 0.3 is 12.2 Å². The number of hydrogen-bond donors (Lipinski definition) is 2. The summed E-state index contributed by atoms with van der Waals surface area (Å²) in [4.78, 5) is 41.5. The molecule has 0 radical (unpaired) electrons. The van der Waals surface area contributed by atoms with Gasteiger partial charge in [0.05, 0.1) is 12.6 Å². The molecule has 222 valence electrons. The van der Waals surface area contributed by atoms with Gasteiger partial charge in [-0.1, -0.05) is 18.6 Å². The third-order valence-electron chi connectivity index (χ3n) is 8.63. The average Bonchev–Trinajstić information content (AvgIpc) is 3.31. The summed E-state index contributed by atoms with van der Waals surface area (Å²) in [5, 5.41) is 6.31. The summed E-state index contributed by atoms with van der Waals surface area (Å²) < 4.78 is 25.0. The Kier molecular flexibility index (Phi) is 9.27. The van der Waals surface area contributed by atoms with Gasteiger partial charge in [-0.3, -0.25) is 4.79 Å². The van der Waals surface area contributed by atoms with E-state index in [1.54, 1.807) is 11.0 Å². The molecule has 9 nitrogen and oxygen atoms in total. The van der Waals surface area contributed by atoms with Gasteiger partial charge in [0.15, 0.2) is 0 Å². The first-order valence-electron chi connectivity index (χ1n) is 14.5. The van der Waals surface area contributed by atoms with Crippen molar-refractivity contribution in [2.75, 3.05) is 39.8 Å². The monoisotopic (exact) mass is 560 g/mol. The number of likely N-dealkylation sites (tertiary alicyclic amines) is 2. The minimum atomic E-state index is -0.827. The molecule has 0 bridgehead atoms. The zero-order valence-electron chi connectivity index (χ0n) is 24.5. The molecule has 10 heteroatoms. The Balaban J connectivity index is 1.49. The normalized spacial score (nSPS) is 24.1. The molecule has 3 fully saturated rings. The molecule has 3 amide bonds. The van der Waals surface area contributed by atoms with Crippen LogP contribution in [0.4, 0.5) is 14.0 Å². The fourth-order valence-electron chi connectivity index (χ4n) is 7.04. The Labute approximate surface area is 237 Å². The zero-order chi connectivity index (χ0) is 29.1. The van der Waals surface area contributed by atoms with E-state index in [1.165, 1.54) is 26.2 Å². The SMILES string of the molecule is COC(=O)N[C@H]1CCC[C@@H]1C(NC(C)=O)(c1cccc(F)c1)C1CCN(CC2CN(C(=O)OC(C)(C)C)C2)CC1. The number of piperidine rings is 1. The van der Waals surface area contributed by atoms with Crippen LogP contribution in [0.25, 0.3) is 0 Å². The number of carbonyl (C=O) groups is 3. The summed E-state index contributed by atoms with van der Waals surface area (Å²) in [6.45, 7) is 11.1. The first-order valence-corrected chi connectivity index (χ1v) is 14.5. The topological polar surface area (TPSA) is 100 Å². The molecule has 1 aliphatic carbocycles. The van der Waals surface area contributed by atoms with Crippen molar-refractivity contribution >= 4 is 18.1 Å². The molecule has 3 atom stereocenters. The molecule has 4 rings (SSSR count). The smallest absolute Gasteiger partial charge is 0.410 e. The van der Waals surface area contributed by atoms with E-state index in [0.717, 1.165) is 57.3 Å². The number of nitrogens with zero attached hydrogens (tertiary/aromatic N) is 2. The minimum absolute atomic E-state index is 0.0548. The second-order valence-corrected chi connectivity index (χ2v) is 12.7. The van der Waals surface area contributed by atoms with Crippen molar-refractivity contribution in [2.24, 2.45) is 17.8 Å². The van der Waals surface area contributed by atoms with E-state index in [2.05, 4.69) is 15.5 Å². The van der Waals surface area contributed by atoms with Gasteiger partial charge in [-0.05, 0) is 83.2 Å². The van der Waals surface area contributed by atoms with Crippen molar-refractivity contribution < 1.29 is 28.2 Å². The number of benzene rings is 1. The third kappa shape index (κ3) is 6.87. The molecule has 0 aromatic heterocycles. The first kappa shape index (κ1) is 30.1.